The van der Waals surface area contributed by atoms with Gasteiger partial charge >= 0.3 is 5.97 Å². The number of hydrogen-bond donors (Lipinski definition) is 3. The number of thioether (sulfide) groups is 2. The maximum Gasteiger partial charge on any atom is 0.353 e. The standard InChI is InChI=1S/C21H18N10O5S3/c22-21-23-10(7-38-21)14(27-36-9-3-1-2-4-9)17(32)24-15-18(33)30-16(20(34)35)11(8-37-19(15)30)39-13-6-5-12-25-28-29-31(12)26-13/h1,3,5-7,9,15,19H,2,4,8H2,(H2,22,23)(H,24,32)(H,34,35)/t9?,15?,19-/m1/s1. The number of thiazole rings is 1. The summed E-state index contributed by atoms with van der Waals surface area (Å²) in [5.41, 5.74) is 6.12. The molecule has 1 aliphatic carbocycles. The van der Waals surface area contributed by atoms with E-state index >= 15 is 0 Å². The van der Waals surface area contributed by atoms with Crippen molar-refractivity contribution in [2.75, 3.05) is 11.5 Å². The summed E-state index contributed by atoms with van der Waals surface area (Å²) in [5.74, 6) is -2.22. The normalized spacial score (nSPS) is 22.7. The molecule has 200 valence electrons. The van der Waals surface area contributed by atoms with Crippen molar-refractivity contribution in [3.05, 3.63) is 46.0 Å². The quantitative estimate of drug-likeness (QED) is 0.142. The van der Waals surface area contributed by atoms with E-state index in [2.05, 4.69) is 36.1 Å². The highest BCUT2D eigenvalue weighted by atomic mass is 32.2. The van der Waals surface area contributed by atoms with Gasteiger partial charge in [0.05, 0.1) is 0 Å². The smallest absolute Gasteiger partial charge is 0.353 e. The first-order chi connectivity index (χ1) is 18.9. The lowest BCUT2D eigenvalue weighted by Gasteiger charge is -2.49. The van der Waals surface area contributed by atoms with E-state index in [-0.39, 0.29) is 34.1 Å². The lowest BCUT2D eigenvalue weighted by molar-refractivity contribution is -0.150. The molecular formula is C21H18N10O5S3. The maximum absolute atomic E-state index is 13.2. The number of amides is 2. The van der Waals surface area contributed by atoms with Gasteiger partial charge in [-0.05, 0) is 41.5 Å². The molecule has 3 aromatic heterocycles. The number of nitrogens with one attached hydrogen (secondary N) is 1. The number of carboxylic acid groups (broad SMARTS) is 1. The third-order valence-electron chi connectivity index (χ3n) is 5.92. The Hall–Kier alpha value is -4.03. The molecule has 0 radical (unpaired) electrons. The number of oxime groups is 1. The number of fused-ring (bicyclic) bond motifs is 2. The van der Waals surface area contributed by atoms with Crippen molar-refractivity contribution >= 4 is 69.1 Å². The van der Waals surface area contributed by atoms with Crippen molar-refractivity contribution in [2.24, 2.45) is 5.16 Å². The van der Waals surface area contributed by atoms with E-state index in [1.165, 1.54) is 21.3 Å². The Morgan fingerprint density at radius 2 is 2.21 bits per heavy atom. The van der Waals surface area contributed by atoms with Gasteiger partial charge in [0, 0.05) is 16.0 Å². The van der Waals surface area contributed by atoms with E-state index in [1.807, 2.05) is 12.2 Å². The number of nitrogen functional groups attached to an aromatic ring is 1. The molecule has 5 heterocycles. The van der Waals surface area contributed by atoms with Gasteiger partial charge in [0.2, 0.25) is 0 Å². The molecule has 0 saturated carbocycles. The van der Waals surface area contributed by atoms with E-state index in [0.29, 0.717) is 15.6 Å². The van der Waals surface area contributed by atoms with Crippen LogP contribution in [0.4, 0.5) is 5.13 Å². The lowest BCUT2D eigenvalue weighted by atomic mass is 10.0. The van der Waals surface area contributed by atoms with Crippen LogP contribution < -0.4 is 11.1 Å². The second kappa shape index (κ2) is 10.3. The van der Waals surface area contributed by atoms with Gasteiger partial charge < -0.3 is 21.0 Å². The minimum atomic E-state index is -1.26. The van der Waals surface area contributed by atoms with E-state index in [1.54, 1.807) is 17.5 Å². The summed E-state index contributed by atoms with van der Waals surface area (Å²) in [6.07, 6.45) is 5.12. The van der Waals surface area contributed by atoms with E-state index < -0.39 is 29.2 Å². The molecule has 2 unspecified atom stereocenters. The number of aromatic nitrogens is 6. The summed E-state index contributed by atoms with van der Waals surface area (Å²) in [6.45, 7) is 0. The fraction of sp³-hybridized carbons (Fsp3) is 0.286. The third-order valence-corrected chi connectivity index (χ3v) is 9.07. The van der Waals surface area contributed by atoms with E-state index in [4.69, 9.17) is 10.6 Å². The minimum absolute atomic E-state index is 0.121. The Balaban J connectivity index is 1.20. The van der Waals surface area contributed by atoms with Crippen LogP contribution >= 0.6 is 34.9 Å². The number of nitrogens with zero attached hydrogens (tertiary/aromatic N) is 8. The number of β-lactam (4-membered cyclic amide) rings is 1. The summed E-state index contributed by atoms with van der Waals surface area (Å²) >= 11 is 3.57. The number of anilines is 1. The van der Waals surface area contributed by atoms with Crippen LogP contribution in [-0.2, 0) is 19.2 Å². The fourth-order valence-electron chi connectivity index (χ4n) is 4.11. The lowest BCUT2D eigenvalue weighted by Crippen LogP contribution is -2.71. The van der Waals surface area contributed by atoms with E-state index in [9.17, 15) is 19.5 Å². The van der Waals surface area contributed by atoms with Gasteiger partial charge in [0.25, 0.3) is 11.8 Å². The first kappa shape index (κ1) is 25.3. The molecule has 3 atom stereocenters. The average molecular weight is 587 g/mol. The predicted octanol–water partition coefficient (Wildman–Crippen LogP) is 0.486. The van der Waals surface area contributed by atoms with Crippen molar-refractivity contribution in [1.82, 2.24) is 40.5 Å². The molecule has 0 spiro atoms. The van der Waals surface area contributed by atoms with Crippen LogP contribution in [0, 0.1) is 0 Å². The number of nitrogens with two attached hydrogens (primary N) is 1. The van der Waals surface area contributed by atoms with Crippen molar-refractivity contribution in [1.29, 1.82) is 0 Å². The van der Waals surface area contributed by atoms with Crippen LogP contribution in [0.1, 0.15) is 18.5 Å². The number of allylic oxidation sites excluding steroid dienone is 1. The Morgan fingerprint density at radius 3 is 2.95 bits per heavy atom. The molecule has 0 bridgehead atoms. The van der Waals surface area contributed by atoms with Crippen molar-refractivity contribution in [3.8, 4) is 0 Å². The molecular weight excluding hydrogens is 568 g/mol. The highest BCUT2D eigenvalue weighted by Crippen LogP contribution is 2.44. The van der Waals surface area contributed by atoms with Crippen LogP contribution in [0.15, 0.2) is 50.4 Å². The highest BCUT2D eigenvalue weighted by Gasteiger charge is 2.54. The molecule has 2 aliphatic heterocycles. The van der Waals surface area contributed by atoms with Crippen molar-refractivity contribution < 1.29 is 24.3 Å². The van der Waals surface area contributed by atoms with E-state index in [0.717, 1.165) is 35.9 Å². The largest absolute Gasteiger partial charge is 0.477 e. The first-order valence-electron chi connectivity index (χ1n) is 11.5. The average Bonchev–Trinajstić information content (AvgIpc) is 3.69. The van der Waals surface area contributed by atoms with Crippen LogP contribution in [0.25, 0.3) is 5.65 Å². The number of aliphatic carboxylic acids is 1. The molecule has 15 nitrogen and oxygen atoms in total. The monoisotopic (exact) mass is 586 g/mol. The Kier molecular flexibility index (Phi) is 6.65. The number of carbonyl (C=O) groups excluding carboxylic acids is 2. The molecule has 3 aromatic rings. The number of hydrogen-bond acceptors (Lipinski definition) is 14. The van der Waals surface area contributed by atoms with Gasteiger partial charge in [-0.1, -0.05) is 23.0 Å². The number of rotatable bonds is 8. The molecule has 6 rings (SSSR count). The second-order valence-corrected chi connectivity index (χ2v) is 11.5. The second-order valence-electron chi connectivity index (χ2n) is 8.40. The molecule has 18 heteroatoms. The van der Waals surface area contributed by atoms with Crippen molar-refractivity contribution in [3.63, 3.8) is 0 Å². The molecule has 1 saturated heterocycles. The van der Waals surface area contributed by atoms with Gasteiger partial charge in [0.1, 0.15) is 33.9 Å². The summed E-state index contributed by atoms with van der Waals surface area (Å²) in [5, 5.41) is 33.7. The topological polar surface area (TPSA) is 203 Å². The predicted molar refractivity (Wildman–Crippen MR) is 140 cm³/mol. The van der Waals surface area contributed by atoms with Gasteiger partial charge in [-0.2, -0.15) is 0 Å². The van der Waals surface area contributed by atoms with Gasteiger partial charge in [-0.15, -0.1) is 37.9 Å². The zero-order valence-electron chi connectivity index (χ0n) is 19.7. The molecule has 1 fully saturated rings. The van der Waals surface area contributed by atoms with Gasteiger partial charge in [-0.3, -0.25) is 14.5 Å². The highest BCUT2D eigenvalue weighted by molar-refractivity contribution is 8.06. The zero-order valence-corrected chi connectivity index (χ0v) is 22.1. The number of tetrazole rings is 1. The summed E-state index contributed by atoms with van der Waals surface area (Å²) in [4.78, 5) is 49.8. The zero-order chi connectivity index (χ0) is 27.1. The summed E-state index contributed by atoms with van der Waals surface area (Å²) in [6, 6.07) is 2.35. The maximum atomic E-state index is 13.2. The molecule has 4 N–H and O–H groups in total. The Morgan fingerprint density at radius 1 is 1.33 bits per heavy atom. The summed E-state index contributed by atoms with van der Waals surface area (Å²) in [7, 11) is 0. The summed E-state index contributed by atoms with van der Waals surface area (Å²) < 4.78 is 1.23. The third kappa shape index (κ3) is 4.81. The molecule has 2 amide bonds. The number of carbonyl (C=O) groups is 3. The van der Waals surface area contributed by atoms with Crippen LogP contribution in [0.3, 0.4) is 0 Å². The fourth-order valence-corrected chi connectivity index (χ4v) is 7.08. The van der Waals surface area contributed by atoms with Crippen LogP contribution in [0.5, 0.6) is 0 Å². The minimum Gasteiger partial charge on any atom is -0.477 e. The van der Waals surface area contributed by atoms with Gasteiger partial charge in [-0.25, -0.2) is 9.78 Å². The SMILES string of the molecule is Nc1nc(C(=NOC2C=CCC2)C(=O)NC2C(=O)N3C(C(=O)O)=C(Sc4ccc5nnnn5n4)CS[C@H]23)cs1. The molecule has 3 aliphatic rings. The van der Waals surface area contributed by atoms with Crippen molar-refractivity contribution in [2.45, 2.75) is 35.4 Å². The Labute approximate surface area is 231 Å². The number of carboxylic acids is 1. The van der Waals surface area contributed by atoms with Crippen LogP contribution in [-0.4, -0.2) is 87.0 Å². The first-order valence-corrected chi connectivity index (χ1v) is 14.2. The van der Waals surface area contributed by atoms with Gasteiger partial charge in [0.15, 0.2) is 16.5 Å². The molecule has 39 heavy (non-hydrogen) atoms. The van der Waals surface area contributed by atoms with Crippen LogP contribution in [0.2, 0.25) is 0 Å². The molecule has 0 aromatic carbocycles. The Bertz CT molecular complexity index is 1580.